The van der Waals surface area contributed by atoms with Gasteiger partial charge in [0.25, 0.3) is 5.91 Å². The van der Waals surface area contributed by atoms with Gasteiger partial charge in [-0.05, 0) is 30.9 Å². The maximum absolute atomic E-state index is 12.2. The third-order valence-corrected chi connectivity index (χ3v) is 3.36. The maximum Gasteiger partial charge on any atom is 0.257 e. The van der Waals surface area contributed by atoms with Crippen LogP contribution in [0.5, 0.6) is 5.75 Å². The summed E-state index contributed by atoms with van der Waals surface area (Å²) in [5.74, 6) is 0.390. The number of phenolic OH excluding ortho intramolecular Hbond substituents is 1. The Balaban J connectivity index is 2.16. The number of rotatable bonds is 4. The number of carbonyl (C=O) groups is 1. The van der Waals surface area contributed by atoms with Crippen LogP contribution >= 0.6 is 0 Å². The fraction of sp³-hybridized carbons (Fsp3) is 0.462. The third kappa shape index (κ3) is 2.42. The van der Waals surface area contributed by atoms with E-state index < -0.39 is 0 Å². The van der Waals surface area contributed by atoms with Crippen LogP contribution in [-0.2, 0) is 0 Å². The summed E-state index contributed by atoms with van der Waals surface area (Å²) in [5, 5.41) is 9.66. The lowest BCUT2D eigenvalue weighted by Gasteiger charge is -2.27. The smallest absolute Gasteiger partial charge is 0.257 e. The highest BCUT2D eigenvalue weighted by molar-refractivity contribution is 5.96. The van der Waals surface area contributed by atoms with E-state index in [9.17, 15) is 9.90 Å². The van der Waals surface area contributed by atoms with Crippen molar-refractivity contribution in [1.82, 2.24) is 4.90 Å². The van der Waals surface area contributed by atoms with E-state index in [1.807, 2.05) is 0 Å². The molecule has 0 aliphatic heterocycles. The fourth-order valence-corrected chi connectivity index (χ4v) is 2.14. The van der Waals surface area contributed by atoms with E-state index in [0.29, 0.717) is 18.0 Å². The van der Waals surface area contributed by atoms with Crippen LogP contribution in [0.3, 0.4) is 0 Å². The van der Waals surface area contributed by atoms with Crippen LogP contribution in [0.25, 0.3) is 0 Å². The zero-order chi connectivity index (χ0) is 12.4. The first-order valence-electron chi connectivity index (χ1n) is 5.90. The van der Waals surface area contributed by atoms with Crippen molar-refractivity contribution in [3.05, 3.63) is 29.8 Å². The monoisotopic (exact) mass is 234 g/mol. The lowest BCUT2D eigenvalue weighted by atomic mass is 10.1. The van der Waals surface area contributed by atoms with Crippen molar-refractivity contribution < 1.29 is 9.90 Å². The Morgan fingerprint density at radius 2 is 2.18 bits per heavy atom. The zero-order valence-corrected chi connectivity index (χ0v) is 9.97. The van der Waals surface area contributed by atoms with Crippen molar-refractivity contribution >= 4 is 5.91 Å². The summed E-state index contributed by atoms with van der Waals surface area (Å²) in [6.07, 6.45) is 2.28. The van der Waals surface area contributed by atoms with Crippen LogP contribution in [0.4, 0.5) is 0 Å². The van der Waals surface area contributed by atoms with E-state index in [1.54, 1.807) is 30.1 Å². The van der Waals surface area contributed by atoms with E-state index in [2.05, 4.69) is 0 Å². The van der Waals surface area contributed by atoms with E-state index in [1.165, 1.54) is 6.07 Å². The number of para-hydroxylation sites is 1. The number of hydrogen-bond acceptors (Lipinski definition) is 3. The first kappa shape index (κ1) is 11.9. The Kier molecular flexibility index (Phi) is 3.33. The van der Waals surface area contributed by atoms with Crippen molar-refractivity contribution in [3.63, 3.8) is 0 Å². The molecule has 1 saturated carbocycles. The molecule has 0 saturated heterocycles. The number of amides is 1. The van der Waals surface area contributed by atoms with Gasteiger partial charge in [-0.15, -0.1) is 0 Å². The molecule has 92 valence electrons. The quantitative estimate of drug-likeness (QED) is 0.822. The van der Waals surface area contributed by atoms with Crippen LogP contribution in [0, 0.1) is 5.92 Å². The molecular weight excluding hydrogens is 216 g/mol. The molecule has 17 heavy (non-hydrogen) atoms. The zero-order valence-electron chi connectivity index (χ0n) is 9.97. The molecule has 1 unspecified atom stereocenters. The second-order valence-corrected chi connectivity index (χ2v) is 4.57. The molecule has 0 radical (unpaired) electrons. The van der Waals surface area contributed by atoms with Gasteiger partial charge in [0.15, 0.2) is 0 Å². The van der Waals surface area contributed by atoms with Crippen LogP contribution in [0.1, 0.15) is 23.2 Å². The molecule has 1 atom stereocenters. The summed E-state index contributed by atoms with van der Waals surface area (Å²) in [6.45, 7) is 0.473. The number of phenols is 1. The van der Waals surface area contributed by atoms with Crippen molar-refractivity contribution in [1.29, 1.82) is 0 Å². The Bertz CT molecular complexity index is 416. The van der Waals surface area contributed by atoms with Crippen molar-refractivity contribution in [3.8, 4) is 5.75 Å². The molecule has 1 aliphatic carbocycles. The maximum atomic E-state index is 12.2. The molecule has 4 nitrogen and oxygen atoms in total. The van der Waals surface area contributed by atoms with Gasteiger partial charge in [0.05, 0.1) is 5.56 Å². The molecule has 0 heterocycles. The van der Waals surface area contributed by atoms with Gasteiger partial charge in [0.2, 0.25) is 0 Å². The van der Waals surface area contributed by atoms with E-state index >= 15 is 0 Å². The molecule has 1 aromatic carbocycles. The van der Waals surface area contributed by atoms with Gasteiger partial charge in [-0.3, -0.25) is 4.79 Å². The minimum Gasteiger partial charge on any atom is -0.507 e. The second kappa shape index (κ2) is 4.75. The Hall–Kier alpha value is -1.55. The first-order valence-corrected chi connectivity index (χ1v) is 5.90. The van der Waals surface area contributed by atoms with Gasteiger partial charge >= 0.3 is 0 Å². The van der Waals surface area contributed by atoms with Crippen LogP contribution < -0.4 is 5.73 Å². The lowest BCUT2D eigenvalue weighted by molar-refractivity contribution is 0.0715. The molecule has 1 amide bonds. The highest BCUT2D eigenvalue weighted by Crippen LogP contribution is 2.35. The predicted octanol–water partition coefficient (Wildman–Crippen LogP) is 1.20. The number of nitrogens with zero attached hydrogens (tertiary/aromatic N) is 1. The molecule has 3 N–H and O–H groups in total. The second-order valence-electron chi connectivity index (χ2n) is 4.57. The van der Waals surface area contributed by atoms with Crippen molar-refractivity contribution in [2.45, 2.75) is 18.9 Å². The van der Waals surface area contributed by atoms with Gasteiger partial charge in [-0.2, -0.15) is 0 Å². The minimum atomic E-state index is -0.162. The Morgan fingerprint density at radius 3 is 2.71 bits per heavy atom. The Labute approximate surface area is 101 Å². The van der Waals surface area contributed by atoms with Crippen LogP contribution in [0.15, 0.2) is 24.3 Å². The predicted molar refractivity (Wildman–Crippen MR) is 65.8 cm³/mol. The SMILES string of the molecule is CN(C(=O)c1ccccc1O)C(CN)C1CC1. The summed E-state index contributed by atoms with van der Waals surface area (Å²) in [5.41, 5.74) is 6.05. The highest BCUT2D eigenvalue weighted by atomic mass is 16.3. The fourth-order valence-electron chi connectivity index (χ4n) is 2.14. The van der Waals surface area contributed by atoms with Crippen LogP contribution in [-0.4, -0.2) is 35.5 Å². The van der Waals surface area contributed by atoms with E-state index in [4.69, 9.17) is 5.73 Å². The average Bonchev–Trinajstić information content (AvgIpc) is 3.14. The number of carbonyl (C=O) groups excluding carboxylic acids is 1. The molecule has 0 bridgehead atoms. The molecule has 0 spiro atoms. The normalized spacial score (nSPS) is 16.6. The standard InChI is InChI=1S/C13H18N2O2/c1-15(11(8-14)9-6-7-9)13(17)10-4-2-3-5-12(10)16/h2-5,9,11,16H,6-8,14H2,1H3. The number of nitrogens with two attached hydrogens (primary N) is 1. The number of likely N-dealkylation sites (N-methyl/N-ethyl adjacent to an activating group) is 1. The third-order valence-electron chi connectivity index (χ3n) is 3.36. The van der Waals surface area contributed by atoms with Gasteiger partial charge < -0.3 is 15.7 Å². The Morgan fingerprint density at radius 1 is 1.53 bits per heavy atom. The average molecular weight is 234 g/mol. The number of aromatic hydroxyl groups is 1. The first-order chi connectivity index (χ1) is 8.15. The molecule has 0 aromatic heterocycles. The van der Waals surface area contributed by atoms with Gasteiger partial charge in [-0.25, -0.2) is 0 Å². The largest absolute Gasteiger partial charge is 0.507 e. The molecule has 1 aliphatic rings. The van der Waals surface area contributed by atoms with Crippen molar-refractivity contribution in [2.24, 2.45) is 11.7 Å². The molecule has 1 fully saturated rings. The number of benzene rings is 1. The summed E-state index contributed by atoms with van der Waals surface area (Å²) < 4.78 is 0. The lowest BCUT2D eigenvalue weighted by Crippen LogP contribution is -2.43. The summed E-state index contributed by atoms with van der Waals surface area (Å²) >= 11 is 0. The highest BCUT2D eigenvalue weighted by Gasteiger charge is 2.35. The molecule has 4 heteroatoms. The van der Waals surface area contributed by atoms with E-state index in [-0.39, 0.29) is 17.7 Å². The summed E-state index contributed by atoms with van der Waals surface area (Å²) in [6, 6.07) is 6.69. The topological polar surface area (TPSA) is 66.6 Å². The minimum absolute atomic E-state index is 0.0240. The van der Waals surface area contributed by atoms with Gasteiger partial charge in [0.1, 0.15) is 5.75 Å². The van der Waals surface area contributed by atoms with Crippen LogP contribution in [0.2, 0.25) is 0 Å². The molecule has 1 aromatic rings. The van der Waals surface area contributed by atoms with Gasteiger partial charge in [-0.1, -0.05) is 12.1 Å². The van der Waals surface area contributed by atoms with Gasteiger partial charge in [0, 0.05) is 19.6 Å². The molecule has 2 rings (SSSR count). The molecular formula is C13H18N2O2. The number of hydrogen-bond donors (Lipinski definition) is 2. The van der Waals surface area contributed by atoms with Crippen molar-refractivity contribution in [2.75, 3.05) is 13.6 Å². The summed E-state index contributed by atoms with van der Waals surface area (Å²) in [7, 11) is 1.75. The van der Waals surface area contributed by atoms with E-state index in [0.717, 1.165) is 12.8 Å². The summed E-state index contributed by atoms with van der Waals surface area (Å²) in [4.78, 5) is 13.9.